The predicted molar refractivity (Wildman–Crippen MR) is 116 cm³/mol. The average molecular weight is 402 g/mol. The van der Waals surface area contributed by atoms with Gasteiger partial charge < -0.3 is 4.90 Å². The predicted octanol–water partition coefficient (Wildman–Crippen LogP) is 5.06. The molecule has 4 aromatic rings. The molecule has 0 bridgehead atoms. The van der Waals surface area contributed by atoms with E-state index in [0.717, 1.165) is 28.3 Å². The summed E-state index contributed by atoms with van der Waals surface area (Å²) in [7, 11) is 2.00. The largest absolute Gasteiger partial charge is 0.328 e. The zero-order valence-electron chi connectivity index (χ0n) is 16.0. The highest BCUT2D eigenvalue weighted by Crippen LogP contribution is 2.32. The number of hydrogen-bond acceptors (Lipinski definition) is 5. The Morgan fingerprint density at radius 1 is 0.897 bits per heavy atom. The van der Waals surface area contributed by atoms with Gasteiger partial charge in [-0.25, -0.2) is 9.97 Å². The molecule has 6 heteroatoms. The summed E-state index contributed by atoms with van der Waals surface area (Å²) >= 11 is 6.19. The molecule has 1 unspecified atom stereocenters. The number of aromatic nitrogens is 4. The Morgan fingerprint density at radius 3 is 2.41 bits per heavy atom. The van der Waals surface area contributed by atoms with Gasteiger partial charge in [0.25, 0.3) is 0 Å². The zero-order chi connectivity index (χ0) is 20.1. The summed E-state index contributed by atoms with van der Waals surface area (Å²) in [6.07, 6.45) is 9.77. The van der Waals surface area contributed by atoms with Gasteiger partial charge in [-0.2, -0.15) is 0 Å². The third-order valence-electron chi connectivity index (χ3n) is 4.82. The summed E-state index contributed by atoms with van der Waals surface area (Å²) in [5, 5.41) is 0.482. The van der Waals surface area contributed by atoms with E-state index in [1.807, 2.05) is 66.9 Å². The van der Waals surface area contributed by atoms with E-state index in [-0.39, 0.29) is 5.92 Å². The molecule has 0 radical (unpaired) electrons. The lowest BCUT2D eigenvalue weighted by molar-refractivity contribution is 0.765. The molecule has 0 saturated carbocycles. The monoisotopic (exact) mass is 401 g/mol. The maximum atomic E-state index is 6.19. The van der Waals surface area contributed by atoms with Crippen LogP contribution in [-0.4, -0.2) is 27.0 Å². The van der Waals surface area contributed by atoms with Crippen LogP contribution >= 0.6 is 11.6 Å². The minimum atomic E-state index is 0.00708. The van der Waals surface area contributed by atoms with E-state index >= 15 is 0 Å². The van der Waals surface area contributed by atoms with Gasteiger partial charge in [-0.15, -0.1) is 0 Å². The van der Waals surface area contributed by atoms with E-state index in [2.05, 4.69) is 32.1 Å². The molecule has 0 aliphatic rings. The Balaban J connectivity index is 1.74. The van der Waals surface area contributed by atoms with Gasteiger partial charge in [-0.05, 0) is 53.9 Å². The van der Waals surface area contributed by atoms with E-state index in [1.165, 1.54) is 0 Å². The highest BCUT2D eigenvalue weighted by molar-refractivity contribution is 6.29. The summed E-state index contributed by atoms with van der Waals surface area (Å²) in [5.41, 5.74) is 4.08. The summed E-state index contributed by atoms with van der Waals surface area (Å²) in [5.74, 6) is 0.893. The van der Waals surface area contributed by atoms with Crippen LogP contribution in [0.4, 0.5) is 11.5 Å². The molecule has 0 N–H and O–H groups in total. The number of hydrogen-bond donors (Lipinski definition) is 0. The summed E-state index contributed by atoms with van der Waals surface area (Å²) in [6, 6.07) is 17.7. The minimum Gasteiger partial charge on any atom is -0.328 e. The fourth-order valence-electron chi connectivity index (χ4n) is 3.38. The first-order chi connectivity index (χ1) is 14.2. The second-order valence-corrected chi connectivity index (χ2v) is 7.07. The number of halogens is 1. The maximum absolute atomic E-state index is 6.19. The van der Waals surface area contributed by atoms with Crippen molar-refractivity contribution in [3.05, 3.63) is 108 Å². The average Bonchev–Trinajstić information content (AvgIpc) is 2.78. The van der Waals surface area contributed by atoms with Gasteiger partial charge in [0.15, 0.2) is 0 Å². The molecule has 0 aromatic carbocycles. The first-order valence-corrected chi connectivity index (χ1v) is 9.70. The van der Waals surface area contributed by atoms with Gasteiger partial charge in [0.05, 0.1) is 11.9 Å². The fraction of sp³-hybridized carbons (Fsp3) is 0.130. The lowest BCUT2D eigenvalue weighted by atomic mass is 9.90. The molecule has 0 saturated heterocycles. The van der Waals surface area contributed by atoms with Crippen molar-refractivity contribution >= 4 is 23.1 Å². The van der Waals surface area contributed by atoms with Crippen LogP contribution in [0.1, 0.15) is 22.7 Å². The molecule has 4 heterocycles. The Labute approximate surface area is 175 Å². The minimum absolute atomic E-state index is 0.00708. The molecule has 5 nitrogen and oxygen atoms in total. The highest BCUT2D eigenvalue weighted by atomic mass is 35.5. The lowest BCUT2D eigenvalue weighted by Crippen LogP contribution is -2.16. The molecular formula is C23H20ClN5. The first-order valence-electron chi connectivity index (χ1n) is 9.32. The van der Waals surface area contributed by atoms with Crippen LogP contribution in [0.25, 0.3) is 0 Å². The van der Waals surface area contributed by atoms with Crippen molar-refractivity contribution in [1.82, 2.24) is 19.9 Å². The first kappa shape index (κ1) is 19.0. The Morgan fingerprint density at radius 2 is 1.69 bits per heavy atom. The van der Waals surface area contributed by atoms with Gasteiger partial charge >= 0.3 is 0 Å². The van der Waals surface area contributed by atoms with Crippen LogP contribution in [0.3, 0.4) is 0 Å². The summed E-state index contributed by atoms with van der Waals surface area (Å²) in [4.78, 5) is 19.8. The number of pyridine rings is 4. The number of nitrogens with zero attached hydrogens (tertiary/aromatic N) is 5. The molecule has 144 valence electrons. The van der Waals surface area contributed by atoms with Crippen molar-refractivity contribution in [3.8, 4) is 0 Å². The maximum Gasteiger partial charge on any atom is 0.135 e. The third kappa shape index (κ3) is 4.41. The third-order valence-corrected chi connectivity index (χ3v) is 5.03. The number of rotatable bonds is 6. The van der Waals surface area contributed by atoms with Crippen molar-refractivity contribution in [2.24, 2.45) is 0 Å². The van der Waals surface area contributed by atoms with Crippen LogP contribution in [0, 0.1) is 0 Å². The quantitative estimate of drug-likeness (QED) is 0.422. The van der Waals surface area contributed by atoms with Gasteiger partial charge in [0, 0.05) is 43.4 Å². The van der Waals surface area contributed by atoms with E-state index in [0.29, 0.717) is 11.6 Å². The van der Waals surface area contributed by atoms with Crippen molar-refractivity contribution < 1.29 is 0 Å². The molecule has 0 aliphatic carbocycles. The van der Waals surface area contributed by atoms with Crippen LogP contribution < -0.4 is 4.90 Å². The molecule has 4 aromatic heterocycles. The summed E-state index contributed by atoms with van der Waals surface area (Å²) < 4.78 is 0. The lowest BCUT2D eigenvalue weighted by Gasteiger charge is -2.23. The van der Waals surface area contributed by atoms with Crippen molar-refractivity contribution in [3.63, 3.8) is 0 Å². The Bertz CT molecular complexity index is 1070. The van der Waals surface area contributed by atoms with Crippen LogP contribution in [0.5, 0.6) is 0 Å². The van der Waals surface area contributed by atoms with Crippen molar-refractivity contribution in [2.45, 2.75) is 12.3 Å². The van der Waals surface area contributed by atoms with Crippen molar-refractivity contribution in [2.75, 3.05) is 11.9 Å². The topological polar surface area (TPSA) is 54.8 Å². The van der Waals surface area contributed by atoms with E-state index in [4.69, 9.17) is 11.6 Å². The van der Waals surface area contributed by atoms with Crippen molar-refractivity contribution in [1.29, 1.82) is 0 Å². The zero-order valence-corrected chi connectivity index (χ0v) is 16.7. The normalized spacial score (nSPS) is 11.8. The van der Waals surface area contributed by atoms with Gasteiger partial charge in [0.2, 0.25) is 0 Å². The SMILES string of the molecule is CN(c1cccnc1)c1ncccc1CC(c1cccnc1)c1cccc(Cl)n1. The standard InChI is InChI=1S/C23H20ClN5/c1-29(19-8-5-12-26-16-19)23-17(6-4-13-27-23)14-20(18-7-3-11-25-15-18)21-9-2-10-22(24)28-21/h2-13,15-16,20H,14H2,1H3. The Kier molecular flexibility index (Phi) is 5.77. The smallest absolute Gasteiger partial charge is 0.135 e. The van der Waals surface area contributed by atoms with Gasteiger partial charge in [-0.3, -0.25) is 9.97 Å². The van der Waals surface area contributed by atoms with Gasteiger partial charge in [-0.1, -0.05) is 29.8 Å². The van der Waals surface area contributed by atoms with E-state index in [1.54, 1.807) is 18.5 Å². The Hall–Kier alpha value is -3.31. The van der Waals surface area contributed by atoms with Crippen LogP contribution in [0.2, 0.25) is 5.15 Å². The van der Waals surface area contributed by atoms with Gasteiger partial charge in [0.1, 0.15) is 11.0 Å². The second kappa shape index (κ2) is 8.80. The summed E-state index contributed by atoms with van der Waals surface area (Å²) in [6.45, 7) is 0. The molecule has 29 heavy (non-hydrogen) atoms. The fourth-order valence-corrected chi connectivity index (χ4v) is 3.55. The van der Waals surface area contributed by atoms with Crippen LogP contribution in [-0.2, 0) is 6.42 Å². The molecule has 0 amide bonds. The van der Waals surface area contributed by atoms with Crippen LogP contribution in [0.15, 0.2) is 85.6 Å². The second-order valence-electron chi connectivity index (χ2n) is 6.68. The van der Waals surface area contributed by atoms with E-state index in [9.17, 15) is 0 Å². The molecule has 4 rings (SSSR count). The molecule has 0 spiro atoms. The molecule has 0 aliphatic heterocycles. The molecular weight excluding hydrogens is 382 g/mol. The molecule has 1 atom stereocenters. The molecule has 0 fully saturated rings. The highest BCUT2D eigenvalue weighted by Gasteiger charge is 2.20. The number of anilines is 2. The van der Waals surface area contributed by atoms with E-state index < -0.39 is 0 Å².